The third-order valence-electron chi connectivity index (χ3n) is 4.55. The molecule has 0 saturated carbocycles. The first-order valence-electron chi connectivity index (χ1n) is 8.44. The van der Waals surface area contributed by atoms with Crippen LogP contribution in [0.2, 0.25) is 0 Å². The first-order chi connectivity index (χ1) is 12.1. The Kier molecular flexibility index (Phi) is 4.09. The van der Waals surface area contributed by atoms with Gasteiger partial charge in [-0.05, 0) is 43.5 Å². The van der Waals surface area contributed by atoms with Crippen molar-refractivity contribution in [3.05, 3.63) is 48.8 Å². The average Bonchev–Trinajstić information content (AvgIpc) is 3.08. The molecule has 0 unspecified atom stereocenters. The number of aromatic amines is 1. The molecule has 1 aliphatic rings. The van der Waals surface area contributed by atoms with E-state index in [4.69, 9.17) is 0 Å². The largest absolute Gasteiger partial charge is 0.370 e. The maximum absolute atomic E-state index is 12.9. The number of anilines is 2. The first kappa shape index (κ1) is 16.0. The van der Waals surface area contributed by atoms with Crippen molar-refractivity contribution in [3.63, 3.8) is 0 Å². The Hall–Kier alpha value is -2.54. The molecule has 0 bridgehead atoms. The standard InChI is InChI=1S/C18H20N4O2S/c23-25(24,17-13-20-18-14(17)7-6-10-19-18)21-15-8-2-3-9-16(15)22-11-4-1-5-12-22/h2-3,6-10,13,21H,1,4-5,11-12H2,(H,19,20). The number of hydrogen-bond donors (Lipinski definition) is 2. The second kappa shape index (κ2) is 6.40. The summed E-state index contributed by atoms with van der Waals surface area (Å²) in [4.78, 5) is 9.53. The zero-order valence-electron chi connectivity index (χ0n) is 13.8. The molecule has 2 aromatic heterocycles. The van der Waals surface area contributed by atoms with E-state index in [0.29, 0.717) is 16.7 Å². The van der Waals surface area contributed by atoms with E-state index in [1.807, 2.05) is 24.3 Å². The summed E-state index contributed by atoms with van der Waals surface area (Å²) >= 11 is 0. The number of nitrogens with one attached hydrogen (secondary N) is 2. The van der Waals surface area contributed by atoms with Crippen molar-refractivity contribution < 1.29 is 8.42 Å². The maximum atomic E-state index is 12.9. The van der Waals surface area contributed by atoms with E-state index in [0.717, 1.165) is 31.6 Å². The highest BCUT2D eigenvalue weighted by Gasteiger charge is 2.22. The number of pyridine rings is 1. The molecule has 1 aromatic carbocycles. The van der Waals surface area contributed by atoms with Crippen molar-refractivity contribution in [1.82, 2.24) is 9.97 Å². The highest BCUT2D eigenvalue weighted by Crippen LogP contribution is 2.31. The number of sulfonamides is 1. The number of nitrogens with zero attached hydrogens (tertiary/aromatic N) is 2. The first-order valence-corrected chi connectivity index (χ1v) is 9.92. The molecule has 2 N–H and O–H groups in total. The van der Waals surface area contributed by atoms with Gasteiger partial charge in [-0.1, -0.05) is 12.1 Å². The van der Waals surface area contributed by atoms with Crippen LogP contribution >= 0.6 is 0 Å². The highest BCUT2D eigenvalue weighted by atomic mass is 32.2. The van der Waals surface area contributed by atoms with E-state index >= 15 is 0 Å². The fourth-order valence-corrected chi connectivity index (χ4v) is 4.56. The summed E-state index contributed by atoms with van der Waals surface area (Å²) in [6.07, 6.45) is 6.62. The molecular weight excluding hydrogens is 336 g/mol. The van der Waals surface area contributed by atoms with Gasteiger partial charge in [0.25, 0.3) is 10.0 Å². The van der Waals surface area contributed by atoms with Crippen LogP contribution in [0.15, 0.2) is 53.7 Å². The topological polar surface area (TPSA) is 78.1 Å². The molecule has 1 saturated heterocycles. The lowest BCUT2D eigenvalue weighted by atomic mass is 10.1. The van der Waals surface area contributed by atoms with Gasteiger partial charge in [0.2, 0.25) is 0 Å². The summed E-state index contributed by atoms with van der Waals surface area (Å²) in [6, 6.07) is 11.1. The number of benzene rings is 1. The average molecular weight is 356 g/mol. The Morgan fingerprint density at radius 2 is 1.84 bits per heavy atom. The van der Waals surface area contributed by atoms with E-state index in [9.17, 15) is 8.42 Å². The summed E-state index contributed by atoms with van der Waals surface area (Å²) in [6.45, 7) is 1.91. The van der Waals surface area contributed by atoms with Gasteiger partial charge in [0.05, 0.1) is 11.4 Å². The van der Waals surface area contributed by atoms with Gasteiger partial charge in [-0.15, -0.1) is 0 Å². The van der Waals surface area contributed by atoms with Crippen molar-refractivity contribution in [1.29, 1.82) is 0 Å². The lowest BCUT2D eigenvalue weighted by Gasteiger charge is -2.30. The van der Waals surface area contributed by atoms with Crippen LogP contribution in [0.5, 0.6) is 0 Å². The summed E-state index contributed by atoms with van der Waals surface area (Å²) in [5, 5.41) is 0.588. The van der Waals surface area contributed by atoms with Gasteiger partial charge in [-0.25, -0.2) is 13.4 Å². The molecule has 130 valence electrons. The molecule has 3 aromatic rings. The van der Waals surface area contributed by atoms with Gasteiger partial charge in [0.15, 0.2) is 0 Å². The van der Waals surface area contributed by atoms with Crippen LogP contribution in [-0.4, -0.2) is 31.5 Å². The Balaban J connectivity index is 1.70. The van der Waals surface area contributed by atoms with Gasteiger partial charge < -0.3 is 9.88 Å². The van der Waals surface area contributed by atoms with Gasteiger partial charge in [0, 0.05) is 30.9 Å². The predicted molar refractivity (Wildman–Crippen MR) is 99.4 cm³/mol. The summed E-state index contributed by atoms with van der Waals surface area (Å²) in [7, 11) is -3.71. The molecule has 0 spiro atoms. The molecule has 0 amide bonds. The van der Waals surface area contributed by atoms with Crippen LogP contribution < -0.4 is 9.62 Å². The SMILES string of the molecule is O=S(=O)(Nc1ccccc1N1CCCCC1)c1c[nH]c2ncccc12. The minimum absolute atomic E-state index is 0.212. The molecule has 6 nitrogen and oxygen atoms in total. The quantitative estimate of drug-likeness (QED) is 0.751. The van der Waals surface area contributed by atoms with Crippen LogP contribution in [0.4, 0.5) is 11.4 Å². The van der Waals surface area contributed by atoms with Crippen LogP contribution in [0, 0.1) is 0 Å². The van der Waals surface area contributed by atoms with E-state index in [2.05, 4.69) is 19.6 Å². The lowest BCUT2D eigenvalue weighted by molar-refractivity contribution is 0.578. The molecule has 3 heterocycles. The summed E-state index contributed by atoms with van der Waals surface area (Å²) in [5.74, 6) is 0. The summed E-state index contributed by atoms with van der Waals surface area (Å²) < 4.78 is 28.6. The molecule has 25 heavy (non-hydrogen) atoms. The van der Waals surface area contributed by atoms with E-state index in [1.54, 1.807) is 18.3 Å². The molecule has 1 fully saturated rings. The zero-order chi connectivity index (χ0) is 17.3. The van der Waals surface area contributed by atoms with Gasteiger partial charge in [0.1, 0.15) is 10.5 Å². The normalized spacial score (nSPS) is 15.4. The van der Waals surface area contributed by atoms with E-state index < -0.39 is 10.0 Å². The summed E-state index contributed by atoms with van der Waals surface area (Å²) in [5.41, 5.74) is 2.11. The number of hydrogen-bond acceptors (Lipinski definition) is 4. The fourth-order valence-electron chi connectivity index (χ4n) is 3.32. The monoisotopic (exact) mass is 356 g/mol. The maximum Gasteiger partial charge on any atom is 0.264 e. The number of fused-ring (bicyclic) bond motifs is 1. The second-order valence-corrected chi connectivity index (χ2v) is 7.87. The molecule has 7 heteroatoms. The second-order valence-electron chi connectivity index (χ2n) is 6.22. The Labute approximate surface area is 146 Å². The number of piperidine rings is 1. The van der Waals surface area contributed by atoms with Crippen LogP contribution in [0.1, 0.15) is 19.3 Å². The van der Waals surface area contributed by atoms with Crippen molar-refractivity contribution >= 4 is 32.4 Å². The highest BCUT2D eigenvalue weighted by molar-refractivity contribution is 7.93. The molecule has 1 aliphatic heterocycles. The van der Waals surface area contributed by atoms with E-state index in [-0.39, 0.29) is 4.90 Å². The van der Waals surface area contributed by atoms with Crippen molar-refractivity contribution in [2.45, 2.75) is 24.2 Å². The van der Waals surface area contributed by atoms with Crippen molar-refractivity contribution in [2.75, 3.05) is 22.7 Å². The van der Waals surface area contributed by atoms with Crippen LogP contribution in [0.25, 0.3) is 11.0 Å². The van der Waals surface area contributed by atoms with Crippen LogP contribution in [0.3, 0.4) is 0 Å². The van der Waals surface area contributed by atoms with Crippen LogP contribution in [-0.2, 0) is 10.0 Å². The van der Waals surface area contributed by atoms with Crippen molar-refractivity contribution in [3.8, 4) is 0 Å². The molecular formula is C18H20N4O2S. The third-order valence-corrected chi connectivity index (χ3v) is 5.95. The lowest BCUT2D eigenvalue weighted by Crippen LogP contribution is -2.30. The Bertz CT molecular complexity index is 991. The number of para-hydroxylation sites is 2. The van der Waals surface area contributed by atoms with Gasteiger partial charge in [-0.3, -0.25) is 4.72 Å². The number of rotatable bonds is 4. The van der Waals surface area contributed by atoms with Gasteiger partial charge >= 0.3 is 0 Å². The predicted octanol–water partition coefficient (Wildman–Crippen LogP) is 3.35. The van der Waals surface area contributed by atoms with E-state index in [1.165, 1.54) is 12.6 Å². The van der Waals surface area contributed by atoms with Gasteiger partial charge in [-0.2, -0.15) is 0 Å². The minimum atomic E-state index is -3.71. The zero-order valence-corrected chi connectivity index (χ0v) is 14.6. The number of aromatic nitrogens is 2. The fraction of sp³-hybridized carbons (Fsp3) is 0.278. The minimum Gasteiger partial charge on any atom is -0.370 e. The third kappa shape index (κ3) is 3.07. The van der Waals surface area contributed by atoms with Crippen molar-refractivity contribution in [2.24, 2.45) is 0 Å². The smallest absolute Gasteiger partial charge is 0.264 e. The molecule has 4 rings (SSSR count). The Morgan fingerprint density at radius 3 is 2.68 bits per heavy atom. The molecule has 0 atom stereocenters. The Morgan fingerprint density at radius 1 is 1.04 bits per heavy atom. The number of H-pyrrole nitrogens is 1. The molecule has 0 radical (unpaired) electrons. The molecule has 0 aliphatic carbocycles.